The molecule has 8 heteroatoms. The summed E-state index contributed by atoms with van der Waals surface area (Å²) in [6.07, 6.45) is -3.18. The van der Waals surface area contributed by atoms with Gasteiger partial charge in [0.25, 0.3) is 0 Å². The van der Waals surface area contributed by atoms with Crippen molar-refractivity contribution in [2.24, 2.45) is 10.7 Å². The maximum Gasteiger partial charge on any atom is 0.432 e. The Balaban J connectivity index is 2.22. The third-order valence-corrected chi connectivity index (χ3v) is 3.90. The normalized spacial score (nSPS) is 18.9. The van der Waals surface area contributed by atoms with Crippen molar-refractivity contribution in [3.63, 3.8) is 0 Å². The monoisotopic (exact) mass is 324 g/mol. The molecular formula is C14H11F3N4S. The van der Waals surface area contributed by atoms with E-state index in [1.54, 1.807) is 30.3 Å². The topological polar surface area (TPSA) is 54.5 Å². The standard InChI is InChI=1S/C14H11F3N4S/c15-14(16,17)12-10(9-4-2-1-3-5-9)6-20-13(18)21(12)11-7-19-8-22-11/h1-8,13H,18H2. The van der Waals surface area contributed by atoms with E-state index >= 15 is 0 Å². The van der Waals surface area contributed by atoms with Crippen LogP contribution in [0, 0.1) is 0 Å². The highest BCUT2D eigenvalue weighted by Gasteiger charge is 2.44. The zero-order valence-electron chi connectivity index (χ0n) is 11.2. The van der Waals surface area contributed by atoms with E-state index in [1.807, 2.05) is 0 Å². The average molecular weight is 324 g/mol. The van der Waals surface area contributed by atoms with Crippen LogP contribution in [0.5, 0.6) is 0 Å². The number of hydrogen-bond acceptors (Lipinski definition) is 5. The van der Waals surface area contributed by atoms with Crippen molar-refractivity contribution in [1.29, 1.82) is 0 Å². The van der Waals surface area contributed by atoms with E-state index < -0.39 is 18.2 Å². The summed E-state index contributed by atoms with van der Waals surface area (Å²) in [5.74, 6) is 0. The van der Waals surface area contributed by atoms with Gasteiger partial charge in [-0.25, -0.2) is 0 Å². The molecule has 1 aromatic heterocycles. The molecule has 0 saturated heterocycles. The van der Waals surface area contributed by atoms with Crippen LogP contribution in [0.15, 0.2) is 52.7 Å². The second-order valence-electron chi connectivity index (χ2n) is 4.53. The van der Waals surface area contributed by atoms with E-state index in [2.05, 4.69) is 9.98 Å². The smallest absolute Gasteiger partial charge is 0.292 e. The predicted molar refractivity (Wildman–Crippen MR) is 80.5 cm³/mol. The summed E-state index contributed by atoms with van der Waals surface area (Å²) >= 11 is 1.08. The van der Waals surface area contributed by atoms with Crippen molar-refractivity contribution >= 4 is 28.1 Å². The number of aromatic nitrogens is 1. The van der Waals surface area contributed by atoms with Crippen LogP contribution in [0.3, 0.4) is 0 Å². The first-order valence-electron chi connectivity index (χ1n) is 6.32. The van der Waals surface area contributed by atoms with E-state index in [-0.39, 0.29) is 5.57 Å². The number of alkyl halides is 3. The minimum absolute atomic E-state index is 0.0109. The molecule has 1 aliphatic rings. The lowest BCUT2D eigenvalue weighted by atomic mass is 10.0. The maximum atomic E-state index is 13.7. The largest absolute Gasteiger partial charge is 0.432 e. The Morgan fingerprint density at radius 2 is 1.91 bits per heavy atom. The number of benzene rings is 1. The first-order valence-corrected chi connectivity index (χ1v) is 7.20. The molecular weight excluding hydrogens is 313 g/mol. The Kier molecular flexibility index (Phi) is 3.71. The van der Waals surface area contributed by atoms with Crippen molar-refractivity contribution in [3.05, 3.63) is 53.3 Å². The molecule has 2 N–H and O–H groups in total. The molecule has 0 saturated carbocycles. The summed E-state index contributed by atoms with van der Waals surface area (Å²) in [6.45, 7) is 0. The molecule has 2 aromatic rings. The molecule has 0 spiro atoms. The number of nitrogens with two attached hydrogens (primary N) is 1. The number of aliphatic imine (C=N–C) groups is 1. The summed E-state index contributed by atoms with van der Waals surface area (Å²) in [5.41, 5.74) is 6.82. The van der Waals surface area contributed by atoms with E-state index in [4.69, 9.17) is 5.73 Å². The van der Waals surface area contributed by atoms with Gasteiger partial charge in [-0.05, 0) is 5.56 Å². The highest BCUT2D eigenvalue weighted by Crippen LogP contribution is 2.40. The third-order valence-electron chi connectivity index (χ3n) is 3.13. The maximum absolute atomic E-state index is 13.7. The van der Waals surface area contributed by atoms with Gasteiger partial charge >= 0.3 is 6.18 Å². The molecule has 1 atom stereocenters. The Bertz CT molecular complexity index is 707. The number of allylic oxidation sites excluding steroid dienone is 2. The van der Waals surface area contributed by atoms with Gasteiger partial charge in [0.05, 0.1) is 11.7 Å². The van der Waals surface area contributed by atoms with E-state index in [1.165, 1.54) is 17.9 Å². The fraction of sp³-hybridized carbons (Fsp3) is 0.143. The highest BCUT2D eigenvalue weighted by molar-refractivity contribution is 7.13. The lowest BCUT2D eigenvalue weighted by Gasteiger charge is -2.34. The average Bonchev–Trinajstić information content (AvgIpc) is 3.00. The van der Waals surface area contributed by atoms with Gasteiger partial charge in [0.15, 0.2) is 6.29 Å². The van der Waals surface area contributed by atoms with Gasteiger partial charge in [-0.3, -0.25) is 20.6 Å². The quantitative estimate of drug-likeness (QED) is 0.922. The molecule has 0 fully saturated rings. The molecule has 0 bridgehead atoms. The number of anilines is 1. The lowest BCUT2D eigenvalue weighted by Crippen LogP contribution is -2.46. The highest BCUT2D eigenvalue weighted by atomic mass is 32.1. The fourth-order valence-electron chi connectivity index (χ4n) is 2.23. The van der Waals surface area contributed by atoms with Crippen LogP contribution in [0.2, 0.25) is 0 Å². The van der Waals surface area contributed by atoms with Gasteiger partial charge in [-0.1, -0.05) is 30.3 Å². The SMILES string of the molecule is NC1N=CC(c2ccccc2)=C(C(F)(F)F)N1c1cncs1. The molecule has 0 radical (unpaired) electrons. The third kappa shape index (κ3) is 2.62. The minimum atomic E-state index is -4.57. The lowest BCUT2D eigenvalue weighted by molar-refractivity contribution is -0.0933. The fourth-order valence-corrected chi connectivity index (χ4v) is 2.89. The Morgan fingerprint density at radius 3 is 2.50 bits per heavy atom. The van der Waals surface area contributed by atoms with Gasteiger partial charge in [0.1, 0.15) is 10.7 Å². The van der Waals surface area contributed by atoms with Gasteiger partial charge < -0.3 is 0 Å². The number of nitrogens with zero attached hydrogens (tertiary/aromatic N) is 3. The van der Waals surface area contributed by atoms with Crippen molar-refractivity contribution in [3.8, 4) is 0 Å². The van der Waals surface area contributed by atoms with Crippen molar-refractivity contribution in [2.75, 3.05) is 4.90 Å². The summed E-state index contributed by atoms with van der Waals surface area (Å²) in [4.78, 5) is 8.79. The van der Waals surface area contributed by atoms with Gasteiger partial charge in [-0.2, -0.15) is 13.2 Å². The van der Waals surface area contributed by atoms with Gasteiger partial charge in [-0.15, -0.1) is 11.3 Å². The molecule has 114 valence electrons. The van der Waals surface area contributed by atoms with Crippen LogP contribution in [-0.4, -0.2) is 23.7 Å². The number of hydrogen-bond donors (Lipinski definition) is 1. The Hall–Kier alpha value is -2.19. The van der Waals surface area contributed by atoms with Crippen LogP contribution in [0.1, 0.15) is 5.56 Å². The number of thiazole rings is 1. The second-order valence-corrected chi connectivity index (χ2v) is 5.39. The van der Waals surface area contributed by atoms with Crippen LogP contribution in [-0.2, 0) is 0 Å². The second kappa shape index (κ2) is 5.54. The van der Waals surface area contributed by atoms with E-state index in [0.717, 1.165) is 16.2 Å². The molecule has 2 heterocycles. The molecule has 3 rings (SSSR count). The Morgan fingerprint density at radius 1 is 1.18 bits per heavy atom. The Labute approximate surface area is 128 Å². The molecule has 0 aliphatic carbocycles. The number of rotatable bonds is 2. The molecule has 1 unspecified atom stereocenters. The molecule has 4 nitrogen and oxygen atoms in total. The van der Waals surface area contributed by atoms with Crippen molar-refractivity contribution in [1.82, 2.24) is 4.98 Å². The van der Waals surface area contributed by atoms with Crippen LogP contribution in [0.25, 0.3) is 5.57 Å². The summed E-state index contributed by atoms with van der Waals surface area (Å²) in [7, 11) is 0. The molecule has 1 aromatic carbocycles. The zero-order valence-corrected chi connectivity index (χ0v) is 12.0. The summed E-state index contributed by atoms with van der Waals surface area (Å²) in [6, 6.07) is 8.30. The summed E-state index contributed by atoms with van der Waals surface area (Å²) < 4.78 is 41.0. The van der Waals surface area contributed by atoms with E-state index in [9.17, 15) is 13.2 Å². The van der Waals surface area contributed by atoms with Gasteiger partial charge in [0.2, 0.25) is 0 Å². The summed E-state index contributed by atoms with van der Waals surface area (Å²) in [5, 5.41) is 0.296. The first kappa shape index (κ1) is 14.7. The van der Waals surface area contributed by atoms with Crippen LogP contribution >= 0.6 is 11.3 Å². The first-order chi connectivity index (χ1) is 10.5. The van der Waals surface area contributed by atoms with Gasteiger partial charge in [0, 0.05) is 11.8 Å². The molecule has 0 amide bonds. The zero-order chi connectivity index (χ0) is 15.7. The van der Waals surface area contributed by atoms with E-state index in [0.29, 0.717) is 10.6 Å². The van der Waals surface area contributed by atoms with Crippen molar-refractivity contribution < 1.29 is 13.2 Å². The van der Waals surface area contributed by atoms with Crippen LogP contribution in [0.4, 0.5) is 18.2 Å². The van der Waals surface area contributed by atoms with Crippen LogP contribution < -0.4 is 10.6 Å². The molecule has 22 heavy (non-hydrogen) atoms. The predicted octanol–water partition coefficient (Wildman–Crippen LogP) is 3.25. The molecule has 1 aliphatic heterocycles. The van der Waals surface area contributed by atoms with Crippen molar-refractivity contribution in [2.45, 2.75) is 12.5 Å². The minimum Gasteiger partial charge on any atom is -0.292 e. The number of halogens is 3.